The van der Waals surface area contributed by atoms with Gasteiger partial charge in [0, 0.05) is 23.6 Å². The SMILES string of the molecule is Cc1cc(C)c(CN=C(N)Nc2cccc(OC(F)(F)F)c2)cn1. The number of nitrogens with zero attached hydrogens (tertiary/aromatic N) is 2. The molecule has 0 aliphatic rings. The van der Waals surface area contributed by atoms with Gasteiger partial charge < -0.3 is 15.8 Å². The van der Waals surface area contributed by atoms with E-state index in [-0.39, 0.29) is 11.7 Å². The third kappa shape index (κ3) is 5.45. The van der Waals surface area contributed by atoms with Gasteiger partial charge in [0.25, 0.3) is 0 Å². The topological polar surface area (TPSA) is 72.5 Å². The number of nitrogens with one attached hydrogen (secondary N) is 1. The largest absolute Gasteiger partial charge is 0.573 e. The number of pyridine rings is 1. The van der Waals surface area contributed by atoms with Gasteiger partial charge in [-0.25, -0.2) is 4.99 Å². The van der Waals surface area contributed by atoms with Crippen molar-refractivity contribution in [1.29, 1.82) is 0 Å². The van der Waals surface area contributed by atoms with Gasteiger partial charge in [-0.2, -0.15) is 0 Å². The van der Waals surface area contributed by atoms with E-state index in [1.807, 2.05) is 19.9 Å². The fraction of sp³-hybridized carbons (Fsp3) is 0.250. The molecule has 0 aliphatic carbocycles. The number of guanidine groups is 1. The quantitative estimate of drug-likeness (QED) is 0.661. The molecule has 24 heavy (non-hydrogen) atoms. The van der Waals surface area contributed by atoms with Crippen LogP contribution in [0.15, 0.2) is 41.5 Å². The van der Waals surface area contributed by atoms with Crippen molar-refractivity contribution in [3.8, 4) is 5.75 Å². The molecule has 0 radical (unpaired) electrons. The Labute approximate surface area is 137 Å². The van der Waals surface area contributed by atoms with Crippen molar-refractivity contribution in [2.24, 2.45) is 10.7 Å². The molecule has 0 atom stereocenters. The molecule has 128 valence electrons. The van der Waals surface area contributed by atoms with E-state index in [4.69, 9.17) is 5.73 Å². The van der Waals surface area contributed by atoms with Crippen LogP contribution in [-0.4, -0.2) is 17.3 Å². The normalized spacial score (nSPS) is 12.1. The predicted octanol–water partition coefficient (Wildman–Crippen LogP) is 3.52. The van der Waals surface area contributed by atoms with Gasteiger partial charge in [0.15, 0.2) is 5.96 Å². The fourth-order valence-electron chi connectivity index (χ4n) is 2.02. The first-order valence-corrected chi connectivity index (χ1v) is 7.08. The molecule has 0 amide bonds. The van der Waals surface area contributed by atoms with Crippen LogP contribution in [0.3, 0.4) is 0 Å². The highest BCUT2D eigenvalue weighted by Crippen LogP contribution is 2.24. The summed E-state index contributed by atoms with van der Waals surface area (Å²) in [6.45, 7) is 4.16. The van der Waals surface area contributed by atoms with Crippen molar-refractivity contribution >= 4 is 11.6 Å². The molecule has 0 spiro atoms. The van der Waals surface area contributed by atoms with Crippen LogP contribution in [0.4, 0.5) is 18.9 Å². The third-order valence-corrected chi connectivity index (χ3v) is 3.12. The number of nitrogens with two attached hydrogens (primary N) is 1. The lowest BCUT2D eigenvalue weighted by atomic mass is 10.1. The Morgan fingerprint density at radius 3 is 2.71 bits per heavy atom. The molecule has 5 nitrogen and oxygen atoms in total. The molecular weight excluding hydrogens is 321 g/mol. The van der Waals surface area contributed by atoms with E-state index in [1.165, 1.54) is 18.2 Å². The predicted molar refractivity (Wildman–Crippen MR) is 85.8 cm³/mol. The molecule has 0 saturated carbocycles. The highest BCUT2D eigenvalue weighted by atomic mass is 19.4. The Balaban J connectivity index is 2.03. The molecule has 0 aliphatic heterocycles. The number of aryl methyl sites for hydroxylation is 2. The molecular formula is C16H17F3N4O. The molecule has 2 aromatic rings. The lowest BCUT2D eigenvalue weighted by Crippen LogP contribution is -2.23. The molecule has 3 N–H and O–H groups in total. The van der Waals surface area contributed by atoms with Gasteiger partial charge in [0.2, 0.25) is 0 Å². The van der Waals surface area contributed by atoms with Crippen LogP contribution < -0.4 is 15.8 Å². The van der Waals surface area contributed by atoms with E-state index in [2.05, 4.69) is 20.0 Å². The second kappa shape index (κ2) is 7.20. The Bertz CT molecular complexity index is 744. The maximum Gasteiger partial charge on any atom is 0.573 e. The van der Waals surface area contributed by atoms with Crippen LogP contribution >= 0.6 is 0 Å². The van der Waals surface area contributed by atoms with Gasteiger partial charge in [-0.3, -0.25) is 4.98 Å². The number of aromatic nitrogens is 1. The minimum Gasteiger partial charge on any atom is -0.406 e. The summed E-state index contributed by atoms with van der Waals surface area (Å²) in [6.07, 6.45) is -3.02. The standard InChI is InChI=1S/C16H17F3N4O/c1-10-6-11(2)21-8-12(10)9-22-15(20)23-13-4-3-5-14(7-13)24-16(17,18)19/h3-8H,9H2,1-2H3,(H3,20,22,23). The van der Waals surface area contributed by atoms with E-state index in [9.17, 15) is 13.2 Å². The minimum absolute atomic E-state index is 0.0825. The summed E-state index contributed by atoms with van der Waals surface area (Å²) >= 11 is 0. The first-order chi connectivity index (χ1) is 11.2. The molecule has 0 fully saturated rings. The third-order valence-electron chi connectivity index (χ3n) is 3.12. The molecule has 2 rings (SSSR count). The van der Waals surface area contributed by atoms with E-state index in [0.717, 1.165) is 16.8 Å². The summed E-state index contributed by atoms with van der Waals surface area (Å²) in [6, 6.07) is 7.31. The number of hydrogen-bond donors (Lipinski definition) is 2. The van der Waals surface area contributed by atoms with Gasteiger partial charge in [-0.15, -0.1) is 13.2 Å². The number of benzene rings is 1. The van der Waals surface area contributed by atoms with Crippen LogP contribution in [0, 0.1) is 13.8 Å². The van der Waals surface area contributed by atoms with Crippen molar-refractivity contribution in [3.05, 3.63) is 53.3 Å². The van der Waals surface area contributed by atoms with Crippen LogP contribution in [0.1, 0.15) is 16.8 Å². The Morgan fingerprint density at radius 2 is 2.04 bits per heavy atom. The number of halogens is 3. The molecule has 0 saturated heterocycles. The summed E-state index contributed by atoms with van der Waals surface area (Å²) in [7, 11) is 0. The van der Waals surface area contributed by atoms with Gasteiger partial charge in [0.05, 0.1) is 6.54 Å². The zero-order valence-electron chi connectivity index (χ0n) is 13.2. The lowest BCUT2D eigenvalue weighted by molar-refractivity contribution is -0.274. The molecule has 1 aromatic heterocycles. The number of ether oxygens (including phenoxy) is 1. The number of aliphatic imine (C=N–C) groups is 1. The summed E-state index contributed by atoms with van der Waals surface area (Å²) in [5.74, 6) is -0.252. The zero-order valence-corrected chi connectivity index (χ0v) is 13.2. The van der Waals surface area contributed by atoms with Gasteiger partial charge >= 0.3 is 6.36 Å². The maximum atomic E-state index is 12.2. The van der Waals surface area contributed by atoms with Crippen LogP contribution in [0.25, 0.3) is 0 Å². The minimum atomic E-state index is -4.74. The van der Waals surface area contributed by atoms with E-state index in [1.54, 1.807) is 12.3 Å². The second-order valence-electron chi connectivity index (χ2n) is 5.15. The molecule has 0 unspecified atom stereocenters. The van der Waals surface area contributed by atoms with Gasteiger partial charge in [-0.05, 0) is 43.2 Å². The van der Waals surface area contributed by atoms with E-state index >= 15 is 0 Å². The number of alkyl halides is 3. The van der Waals surface area contributed by atoms with Crippen LogP contribution in [0.2, 0.25) is 0 Å². The summed E-state index contributed by atoms with van der Waals surface area (Å²) in [5, 5.41) is 2.73. The Morgan fingerprint density at radius 1 is 1.29 bits per heavy atom. The Hall–Kier alpha value is -2.77. The molecule has 8 heteroatoms. The average molecular weight is 338 g/mol. The van der Waals surface area contributed by atoms with Crippen molar-refractivity contribution < 1.29 is 17.9 Å². The highest BCUT2D eigenvalue weighted by molar-refractivity contribution is 5.92. The zero-order chi connectivity index (χ0) is 17.7. The number of hydrogen-bond acceptors (Lipinski definition) is 3. The van der Waals surface area contributed by atoms with Gasteiger partial charge in [-0.1, -0.05) is 6.07 Å². The summed E-state index contributed by atoms with van der Waals surface area (Å²) < 4.78 is 40.5. The fourth-order valence-corrected chi connectivity index (χ4v) is 2.02. The van der Waals surface area contributed by atoms with Crippen molar-refractivity contribution in [2.45, 2.75) is 26.8 Å². The van der Waals surface area contributed by atoms with Crippen molar-refractivity contribution in [2.75, 3.05) is 5.32 Å². The first-order valence-electron chi connectivity index (χ1n) is 7.08. The van der Waals surface area contributed by atoms with Crippen molar-refractivity contribution in [3.63, 3.8) is 0 Å². The van der Waals surface area contributed by atoms with E-state index < -0.39 is 6.36 Å². The second-order valence-corrected chi connectivity index (χ2v) is 5.15. The number of rotatable bonds is 4. The Kier molecular flexibility index (Phi) is 5.28. The van der Waals surface area contributed by atoms with E-state index in [0.29, 0.717) is 12.2 Å². The monoisotopic (exact) mass is 338 g/mol. The summed E-state index contributed by atoms with van der Waals surface area (Å²) in [4.78, 5) is 8.36. The van der Waals surface area contributed by atoms with Gasteiger partial charge in [0.1, 0.15) is 5.75 Å². The average Bonchev–Trinajstić information content (AvgIpc) is 2.45. The maximum absolute atomic E-state index is 12.2. The molecule has 0 bridgehead atoms. The van der Waals surface area contributed by atoms with Crippen molar-refractivity contribution in [1.82, 2.24) is 4.98 Å². The lowest BCUT2D eigenvalue weighted by Gasteiger charge is -2.11. The highest BCUT2D eigenvalue weighted by Gasteiger charge is 2.31. The first kappa shape index (κ1) is 17.6. The van der Waals surface area contributed by atoms with Crippen LogP contribution in [0.5, 0.6) is 5.75 Å². The van der Waals surface area contributed by atoms with Crippen LogP contribution in [-0.2, 0) is 6.54 Å². The number of anilines is 1. The molecule has 1 heterocycles. The smallest absolute Gasteiger partial charge is 0.406 e. The molecule has 1 aromatic carbocycles. The summed E-state index contributed by atoms with van der Waals surface area (Å²) in [5.41, 5.74) is 8.98.